The molecule has 1 aromatic heterocycles. The van der Waals surface area contributed by atoms with E-state index in [9.17, 15) is 0 Å². The van der Waals surface area contributed by atoms with Gasteiger partial charge >= 0.3 is 0 Å². The zero-order chi connectivity index (χ0) is 14.4. The maximum atomic E-state index is 3.76. The van der Waals surface area contributed by atoms with E-state index in [4.69, 9.17) is 0 Å². The standard InChI is InChI=1S/C18H25NS/c1-4-17(18-9-6-12-20-18)19-15(3)10-11-16-8-5-7-14(2)13-16/h5-9,12-13,15,17,19H,4,10-11H2,1-3H3. The number of aryl methyl sites for hydroxylation is 2. The first-order valence-electron chi connectivity index (χ1n) is 7.54. The summed E-state index contributed by atoms with van der Waals surface area (Å²) in [7, 11) is 0. The van der Waals surface area contributed by atoms with E-state index < -0.39 is 0 Å². The van der Waals surface area contributed by atoms with Crippen molar-refractivity contribution < 1.29 is 0 Å². The molecule has 20 heavy (non-hydrogen) atoms. The second kappa shape index (κ2) is 7.61. The molecule has 2 heteroatoms. The van der Waals surface area contributed by atoms with Gasteiger partial charge in [0.2, 0.25) is 0 Å². The summed E-state index contributed by atoms with van der Waals surface area (Å²) >= 11 is 1.85. The van der Waals surface area contributed by atoms with Crippen LogP contribution in [0.5, 0.6) is 0 Å². The van der Waals surface area contributed by atoms with Crippen LogP contribution in [0.3, 0.4) is 0 Å². The van der Waals surface area contributed by atoms with Crippen molar-refractivity contribution in [3.05, 3.63) is 57.8 Å². The molecule has 2 unspecified atom stereocenters. The van der Waals surface area contributed by atoms with Gasteiger partial charge in [-0.3, -0.25) is 0 Å². The highest BCUT2D eigenvalue weighted by Gasteiger charge is 2.13. The van der Waals surface area contributed by atoms with Crippen LogP contribution in [0.25, 0.3) is 0 Å². The first kappa shape index (κ1) is 15.3. The van der Waals surface area contributed by atoms with Gasteiger partial charge in [0, 0.05) is 17.0 Å². The Morgan fingerprint density at radius 3 is 2.70 bits per heavy atom. The van der Waals surface area contributed by atoms with Crippen LogP contribution >= 0.6 is 11.3 Å². The molecule has 0 aliphatic rings. The molecule has 2 atom stereocenters. The molecule has 1 N–H and O–H groups in total. The number of benzene rings is 1. The Labute approximate surface area is 127 Å². The van der Waals surface area contributed by atoms with E-state index in [-0.39, 0.29) is 0 Å². The first-order chi connectivity index (χ1) is 9.69. The normalized spacial score (nSPS) is 14.2. The van der Waals surface area contributed by atoms with Crippen LogP contribution in [-0.2, 0) is 6.42 Å². The molecule has 1 aromatic carbocycles. The Morgan fingerprint density at radius 1 is 1.20 bits per heavy atom. The van der Waals surface area contributed by atoms with Crippen LogP contribution in [0.2, 0.25) is 0 Å². The average molecular weight is 287 g/mol. The van der Waals surface area contributed by atoms with Gasteiger partial charge in [0.05, 0.1) is 0 Å². The lowest BCUT2D eigenvalue weighted by atomic mass is 10.0. The van der Waals surface area contributed by atoms with E-state index >= 15 is 0 Å². The molecule has 0 saturated carbocycles. The van der Waals surface area contributed by atoms with Gasteiger partial charge in [-0.05, 0) is 50.1 Å². The molecule has 2 aromatic rings. The highest BCUT2D eigenvalue weighted by atomic mass is 32.1. The Kier molecular flexibility index (Phi) is 5.81. The lowest BCUT2D eigenvalue weighted by Crippen LogP contribution is -2.30. The molecule has 0 radical (unpaired) electrons. The van der Waals surface area contributed by atoms with Crippen molar-refractivity contribution in [2.75, 3.05) is 0 Å². The maximum Gasteiger partial charge on any atom is 0.0414 e. The fraction of sp³-hybridized carbons (Fsp3) is 0.444. The topological polar surface area (TPSA) is 12.0 Å². The van der Waals surface area contributed by atoms with E-state index in [1.165, 1.54) is 22.4 Å². The quantitative estimate of drug-likeness (QED) is 0.745. The summed E-state index contributed by atoms with van der Waals surface area (Å²) in [4.78, 5) is 1.45. The fourth-order valence-corrected chi connectivity index (χ4v) is 3.44. The summed E-state index contributed by atoms with van der Waals surface area (Å²) in [6.07, 6.45) is 3.48. The molecule has 0 bridgehead atoms. The van der Waals surface area contributed by atoms with Gasteiger partial charge in [-0.15, -0.1) is 11.3 Å². The molecule has 0 fully saturated rings. The van der Waals surface area contributed by atoms with Crippen LogP contribution in [0.4, 0.5) is 0 Å². The summed E-state index contributed by atoms with van der Waals surface area (Å²) in [5.74, 6) is 0. The largest absolute Gasteiger partial charge is 0.307 e. The van der Waals surface area contributed by atoms with Crippen LogP contribution in [0, 0.1) is 6.92 Å². The lowest BCUT2D eigenvalue weighted by molar-refractivity contribution is 0.431. The molecular formula is C18H25NS. The summed E-state index contributed by atoms with van der Waals surface area (Å²) in [6, 6.07) is 14.3. The monoisotopic (exact) mass is 287 g/mol. The van der Waals surface area contributed by atoms with Crippen LogP contribution in [0.15, 0.2) is 41.8 Å². The van der Waals surface area contributed by atoms with E-state index in [2.05, 4.69) is 67.9 Å². The fourth-order valence-electron chi connectivity index (χ4n) is 2.57. The van der Waals surface area contributed by atoms with Crippen molar-refractivity contribution in [2.24, 2.45) is 0 Å². The first-order valence-corrected chi connectivity index (χ1v) is 8.42. The van der Waals surface area contributed by atoms with Gasteiger partial charge in [0.25, 0.3) is 0 Å². The van der Waals surface area contributed by atoms with Crippen LogP contribution < -0.4 is 5.32 Å². The molecule has 0 aliphatic carbocycles. The molecule has 2 rings (SSSR count). The van der Waals surface area contributed by atoms with Crippen molar-refractivity contribution in [1.29, 1.82) is 0 Å². The third-order valence-corrected chi connectivity index (χ3v) is 4.72. The smallest absolute Gasteiger partial charge is 0.0414 e. The second-order valence-electron chi connectivity index (χ2n) is 5.57. The zero-order valence-electron chi connectivity index (χ0n) is 12.7. The summed E-state index contributed by atoms with van der Waals surface area (Å²) in [5, 5.41) is 5.93. The lowest BCUT2D eigenvalue weighted by Gasteiger charge is -2.21. The molecule has 108 valence electrons. The third-order valence-electron chi connectivity index (χ3n) is 3.73. The Bertz CT molecular complexity index is 504. The molecule has 0 aliphatic heterocycles. The van der Waals surface area contributed by atoms with E-state index in [0.29, 0.717) is 12.1 Å². The highest BCUT2D eigenvalue weighted by molar-refractivity contribution is 7.10. The number of rotatable bonds is 7. The Balaban J connectivity index is 1.84. The minimum Gasteiger partial charge on any atom is -0.307 e. The predicted octanol–water partition coefficient (Wildman–Crippen LogP) is 5.12. The van der Waals surface area contributed by atoms with Crippen LogP contribution in [-0.4, -0.2) is 6.04 Å². The SMILES string of the molecule is CCC(NC(C)CCc1cccc(C)c1)c1cccs1. The minimum absolute atomic E-state index is 0.502. The van der Waals surface area contributed by atoms with E-state index in [1.807, 2.05) is 11.3 Å². The van der Waals surface area contributed by atoms with E-state index in [0.717, 1.165) is 12.8 Å². The molecular weight excluding hydrogens is 262 g/mol. The second-order valence-corrected chi connectivity index (χ2v) is 6.55. The van der Waals surface area contributed by atoms with Crippen molar-refractivity contribution in [1.82, 2.24) is 5.32 Å². The summed E-state index contributed by atoms with van der Waals surface area (Å²) in [6.45, 7) is 6.71. The molecule has 0 spiro atoms. The van der Waals surface area contributed by atoms with Crippen molar-refractivity contribution in [2.45, 2.75) is 52.1 Å². The van der Waals surface area contributed by atoms with Gasteiger partial charge in [-0.1, -0.05) is 42.8 Å². The predicted molar refractivity (Wildman–Crippen MR) is 89.4 cm³/mol. The molecule has 0 saturated heterocycles. The van der Waals surface area contributed by atoms with Gasteiger partial charge in [0.15, 0.2) is 0 Å². The molecule has 1 nitrogen and oxygen atoms in total. The number of thiophene rings is 1. The van der Waals surface area contributed by atoms with Crippen LogP contribution in [0.1, 0.15) is 48.7 Å². The molecule has 1 heterocycles. The highest BCUT2D eigenvalue weighted by Crippen LogP contribution is 2.22. The van der Waals surface area contributed by atoms with E-state index in [1.54, 1.807) is 0 Å². The average Bonchev–Trinajstić information content (AvgIpc) is 2.96. The van der Waals surface area contributed by atoms with Gasteiger partial charge < -0.3 is 5.32 Å². The molecule has 0 amide bonds. The minimum atomic E-state index is 0.502. The van der Waals surface area contributed by atoms with Crippen molar-refractivity contribution in [3.8, 4) is 0 Å². The number of hydrogen-bond acceptors (Lipinski definition) is 2. The Morgan fingerprint density at radius 2 is 2.05 bits per heavy atom. The van der Waals surface area contributed by atoms with Gasteiger partial charge in [-0.25, -0.2) is 0 Å². The third kappa shape index (κ3) is 4.46. The van der Waals surface area contributed by atoms with Crippen molar-refractivity contribution >= 4 is 11.3 Å². The Hall–Kier alpha value is -1.12. The summed E-state index contributed by atoms with van der Waals surface area (Å²) < 4.78 is 0. The summed E-state index contributed by atoms with van der Waals surface area (Å²) in [5.41, 5.74) is 2.80. The van der Waals surface area contributed by atoms with Crippen molar-refractivity contribution in [3.63, 3.8) is 0 Å². The number of nitrogens with one attached hydrogen (secondary N) is 1. The zero-order valence-corrected chi connectivity index (χ0v) is 13.5. The van der Waals surface area contributed by atoms with Gasteiger partial charge in [-0.2, -0.15) is 0 Å². The number of hydrogen-bond donors (Lipinski definition) is 1. The van der Waals surface area contributed by atoms with Gasteiger partial charge in [0.1, 0.15) is 0 Å². The maximum absolute atomic E-state index is 3.76.